The van der Waals surface area contributed by atoms with E-state index >= 15 is 0 Å². The summed E-state index contributed by atoms with van der Waals surface area (Å²) in [5, 5.41) is 2.40. The molecule has 1 aliphatic carbocycles. The molecule has 0 radical (unpaired) electrons. The van der Waals surface area contributed by atoms with E-state index in [1.807, 2.05) is 0 Å². The van der Waals surface area contributed by atoms with Crippen LogP contribution in [0.3, 0.4) is 0 Å². The smallest absolute Gasteiger partial charge is 0.135 e. The second-order valence-corrected chi connectivity index (χ2v) is 12.0. The predicted molar refractivity (Wildman–Crippen MR) is 166 cm³/mol. The molecular formula is C37H25BrO. The molecule has 0 spiro atoms. The van der Waals surface area contributed by atoms with Crippen LogP contribution in [-0.4, -0.2) is 0 Å². The molecule has 0 saturated carbocycles. The van der Waals surface area contributed by atoms with Crippen molar-refractivity contribution in [1.29, 1.82) is 0 Å². The summed E-state index contributed by atoms with van der Waals surface area (Å²) < 4.78 is 7.43. The Bertz CT molecular complexity index is 1960. The topological polar surface area (TPSA) is 9.23 Å². The Labute approximate surface area is 236 Å². The van der Waals surface area contributed by atoms with Crippen LogP contribution in [0.4, 0.5) is 0 Å². The van der Waals surface area contributed by atoms with E-state index in [4.69, 9.17) is 4.74 Å². The Morgan fingerprint density at radius 3 is 1.90 bits per heavy atom. The molecule has 0 unspecified atom stereocenters. The van der Waals surface area contributed by atoms with E-state index in [0.29, 0.717) is 0 Å². The first-order valence-electron chi connectivity index (χ1n) is 13.4. The highest BCUT2D eigenvalue weighted by molar-refractivity contribution is 9.10. The Hall–Kier alpha value is -4.14. The highest BCUT2D eigenvalue weighted by atomic mass is 79.9. The molecule has 6 aromatic carbocycles. The summed E-state index contributed by atoms with van der Waals surface area (Å²) in [6.07, 6.45) is 0. The van der Waals surface area contributed by atoms with E-state index in [-0.39, 0.29) is 5.41 Å². The Kier molecular flexibility index (Phi) is 4.78. The van der Waals surface area contributed by atoms with Gasteiger partial charge in [0.1, 0.15) is 11.5 Å². The van der Waals surface area contributed by atoms with Crippen LogP contribution in [0.2, 0.25) is 0 Å². The minimum atomic E-state index is -0.0307. The molecule has 1 heterocycles. The lowest BCUT2D eigenvalue weighted by atomic mass is 9.81. The van der Waals surface area contributed by atoms with Gasteiger partial charge in [0.05, 0.1) is 0 Å². The summed E-state index contributed by atoms with van der Waals surface area (Å²) in [4.78, 5) is 0. The van der Waals surface area contributed by atoms with Gasteiger partial charge in [-0.25, -0.2) is 0 Å². The molecule has 0 bridgehead atoms. The standard InChI is InChI=1S/C37H25BrO/c1-37(2)32-20-26(13-16-28(32)29-17-15-27(38)21-33(29)37)23-11-9-22(10-12-23)25-14-18-34-31(19-25)30-7-3-5-24-6-4-8-35(39-34)36(24)30/h3-21H,1-2H3. The SMILES string of the molecule is CC1(C)c2cc(Br)ccc2-c2ccc(-c3ccc(-c4ccc5c(c4)-c4cccc6cccc(c46)O5)cc3)cc21. The maximum absolute atomic E-state index is 6.30. The van der Waals surface area contributed by atoms with Gasteiger partial charge in [-0.1, -0.05) is 109 Å². The van der Waals surface area contributed by atoms with Gasteiger partial charge in [0.2, 0.25) is 0 Å². The van der Waals surface area contributed by atoms with Crippen LogP contribution >= 0.6 is 15.9 Å². The third-order valence-electron chi connectivity index (χ3n) is 8.55. The highest BCUT2D eigenvalue weighted by Crippen LogP contribution is 2.51. The molecule has 0 fully saturated rings. The molecule has 39 heavy (non-hydrogen) atoms. The molecule has 6 aromatic rings. The summed E-state index contributed by atoms with van der Waals surface area (Å²) in [5.41, 5.74) is 12.7. The largest absolute Gasteiger partial charge is 0.456 e. The Balaban J connectivity index is 1.16. The minimum absolute atomic E-state index is 0.0307. The lowest BCUT2D eigenvalue weighted by Gasteiger charge is -2.22. The monoisotopic (exact) mass is 564 g/mol. The molecule has 0 atom stereocenters. The average Bonchev–Trinajstić information content (AvgIpc) is 3.18. The van der Waals surface area contributed by atoms with Crippen molar-refractivity contribution < 1.29 is 4.74 Å². The van der Waals surface area contributed by atoms with Crippen molar-refractivity contribution in [3.05, 3.63) is 131 Å². The molecular weight excluding hydrogens is 540 g/mol. The maximum atomic E-state index is 6.30. The number of rotatable bonds is 2. The highest BCUT2D eigenvalue weighted by Gasteiger charge is 2.35. The predicted octanol–water partition coefficient (Wildman–Crippen LogP) is 11.0. The van der Waals surface area contributed by atoms with Gasteiger partial charge in [0, 0.05) is 20.8 Å². The van der Waals surface area contributed by atoms with Gasteiger partial charge in [-0.05, 0) is 91.9 Å². The molecule has 1 nitrogen and oxygen atoms in total. The molecule has 0 amide bonds. The van der Waals surface area contributed by atoms with Crippen molar-refractivity contribution in [2.45, 2.75) is 19.3 Å². The first-order chi connectivity index (χ1) is 19.0. The zero-order chi connectivity index (χ0) is 26.3. The van der Waals surface area contributed by atoms with Gasteiger partial charge in [-0.3, -0.25) is 0 Å². The van der Waals surface area contributed by atoms with E-state index < -0.39 is 0 Å². The minimum Gasteiger partial charge on any atom is -0.456 e. The summed E-state index contributed by atoms with van der Waals surface area (Å²) in [7, 11) is 0. The fraction of sp³-hybridized carbons (Fsp3) is 0.0811. The molecule has 0 aromatic heterocycles. The third kappa shape index (κ3) is 3.38. The fourth-order valence-corrected chi connectivity index (χ4v) is 6.85. The van der Waals surface area contributed by atoms with Gasteiger partial charge in [-0.15, -0.1) is 0 Å². The summed E-state index contributed by atoms with van der Waals surface area (Å²) in [5.74, 6) is 1.84. The Morgan fingerprint density at radius 2 is 1.13 bits per heavy atom. The summed E-state index contributed by atoms with van der Waals surface area (Å²) >= 11 is 3.67. The van der Waals surface area contributed by atoms with Crippen LogP contribution in [0.5, 0.6) is 11.5 Å². The zero-order valence-corrected chi connectivity index (χ0v) is 23.3. The molecule has 0 saturated heterocycles. The summed E-state index contributed by atoms with van der Waals surface area (Å²) in [6, 6.07) is 41.8. The van der Waals surface area contributed by atoms with E-state index in [1.165, 1.54) is 60.8 Å². The van der Waals surface area contributed by atoms with Crippen LogP contribution in [0, 0.1) is 0 Å². The molecule has 0 N–H and O–H groups in total. The van der Waals surface area contributed by atoms with E-state index in [2.05, 4.69) is 145 Å². The number of ether oxygens (including phenoxy) is 1. The first-order valence-corrected chi connectivity index (χ1v) is 14.2. The van der Waals surface area contributed by atoms with Crippen molar-refractivity contribution in [3.8, 4) is 56.0 Å². The molecule has 2 heteroatoms. The second kappa shape index (κ2) is 8.18. The zero-order valence-electron chi connectivity index (χ0n) is 21.8. The van der Waals surface area contributed by atoms with Gasteiger partial charge < -0.3 is 4.74 Å². The number of fused-ring (bicyclic) bond motifs is 5. The van der Waals surface area contributed by atoms with Crippen molar-refractivity contribution in [1.82, 2.24) is 0 Å². The number of benzene rings is 6. The lowest BCUT2D eigenvalue weighted by molar-refractivity contribution is 0.487. The quantitative estimate of drug-likeness (QED) is 0.203. The molecule has 1 aliphatic heterocycles. The Morgan fingerprint density at radius 1 is 0.513 bits per heavy atom. The number of hydrogen-bond acceptors (Lipinski definition) is 1. The number of halogens is 1. The fourth-order valence-electron chi connectivity index (χ4n) is 6.49. The van der Waals surface area contributed by atoms with Crippen molar-refractivity contribution in [2.75, 3.05) is 0 Å². The van der Waals surface area contributed by atoms with Crippen LogP contribution in [0.15, 0.2) is 120 Å². The van der Waals surface area contributed by atoms with E-state index in [9.17, 15) is 0 Å². The maximum Gasteiger partial charge on any atom is 0.135 e. The molecule has 186 valence electrons. The second-order valence-electron chi connectivity index (χ2n) is 11.1. The van der Waals surface area contributed by atoms with Crippen LogP contribution < -0.4 is 4.74 Å². The van der Waals surface area contributed by atoms with Crippen LogP contribution in [0.1, 0.15) is 25.0 Å². The van der Waals surface area contributed by atoms with Gasteiger partial charge in [0.25, 0.3) is 0 Å². The lowest BCUT2D eigenvalue weighted by Crippen LogP contribution is -2.15. The van der Waals surface area contributed by atoms with Crippen LogP contribution in [-0.2, 0) is 5.41 Å². The summed E-state index contributed by atoms with van der Waals surface area (Å²) in [6.45, 7) is 4.66. The first kappa shape index (κ1) is 22.8. The van der Waals surface area contributed by atoms with Gasteiger partial charge >= 0.3 is 0 Å². The van der Waals surface area contributed by atoms with Gasteiger partial charge in [-0.2, -0.15) is 0 Å². The van der Waals surface area contributed by atoms with Crippen molar-refractivity contribution in [3.63, 3.8) is 0 Å². The number of hydrogen-bond donors (Lipinski definition) is 0. The van der Waals surface area contributed by atoms with E-state index in [0.717, 1.165) is 21.5 Å². The van der Waals surface area contributed by atoms with Crippen LogP contribution in [0.25, 0.3) is 55.3 Å². The third-order valence-corrected chi connectivity index (χ3v) is 9.04. The van der Waals surface area contributed by atoms with Crippen molar-refractivity contribution in [2.24, 2.45) is 0 Å². The average molecular weight is 566 g/mol. The molecule has 8 rings (SSSR count). The van der Waals surface area contributed by atoms with Crippen molar-refractivity contribution >= 4 is 26.7 Å². The molecule has 2 aliphatic rings. The normalized spacial score (nSPS) is 13.9. The van der Waals surface area contributed by atoms with E-state index in [1.54, 1.807) is 0 Å². The van der Waals surface area contributed by atoms with Gasteiger partial charge in [0.15, 0.2) is 0 Å².